The van der Waals surface area contributed by atoms with Gasteiger partial charge in [-0.05, 0) is 13.0 Å². The first-order chi connectivity index (χ1) is 11.2. The lowest BCUT2D eigenvalue weighted by atomic mass is 10.3. The maximum absolute atomic E-state index is 11.7. The van der Waals surface area contributed by atoms with E-state index in [9.17, 15) is 4.79 Å². The molecule has 8 nitrogen and oxygen atoms in total. The van der Waals surface area contributed by atoms with Gasteiger partial charge in [0, 0.05) is 19.3 Å². The molecule has 2 aromatic heterocycles. The number of morpholine rings is 1. The lowest BCUT2D eigenvalue weighted by Crippen LogP contribution is -2.41. The van der Waals surface area contributed by atoms with Crippen LogP contribution in [0, 0.1) is 11.3 Å². The van der Waals surface area contributed by atoms with Gasteiger partial charge in [0.25, 0.3) is 0 Å². The largest absolute Gasteiger partial charge is 0.360 e. The molecule has 1 aliphatic rings. The Balaban J connectivity index is 1.87. The predicted molar refractivity (Wildman–Crippen MR) is 87.7 cm³/mol. The van der Waals surface area contributed by atoms with Crippen LogP contribution in [0.25, 0.3) is 10.2 Å². The molecule has 3 rings (SSSR count). The zero-order chi connectivity index (χ0) is 16.2. The van der Waals surface area contributed by atoms with Gasteiger partial charge in [0.05, 0.1) is 29.4 Å². The van der Waals surface area contributed by atoms with Gasteiger partial charge >= 0.3 is 6.03 Å². The molecule has 1 saturated heterocycles. The average Bonchev–Trinajstić information content (AvgIpc) is 3.00. The van der Waals surface area contributed by atoms with Gasteiger partial charge in [0.1, 0.15) is 0 Å². The van der Waals surface area contributed by atoms with E-state index >= 15 is 0 Å². The third-order valence-corrected chi connectivity index (χ3v) is 4.48. The first kappa shape index (κ1) is 15.5. The molecule has 9 heteroatoms. The minimum atomic E-state index is -0.443. The van der Waals surface area contributed by atoms with Gasteiger partial charge in [-0.15, -0.1) is 0 Å². The molecule has 1 fully saturated rings. The normalized spacial score (nSPS) is 17.7. The predicted octanol–water partition coefficient (Wildman–Crippen LogP) is 1.56. The van der Waals surface area contributed by atoms with E-state index < -0.39 is 6.10 Å². The van der Waals surface area contributed by atoms with E-state index in [4.69, 9.17) is 10.00 Å². The zero-order valence-corrected chi connectivity index (χ0v) is 13.4. The number of rotatable bonds is 3. The van der Waals surface area contributed by atoms with Gasteiger partial charge in [-0.3, -0.25) is 5.32 Å². The first-order valence-electron chi connectivity index (χ1n) is 7.28. The lowest BCUT2D eigenvalue weighted by molar-refractivity contribution is 0.0764. The fourth-order valence-corrected chi connectivity index (χ4v) is 3.32. The van der Waals surface area contributed by atoms with Crippen molar-refractivity contribution in [2.75, 3.05) is 36.5 Å². The molecule has 0 spiro atoms. The molecule has 3 heterocycles. The Morgan fingerprint density at radius 1 is 1.65 bits per heavy atom. The summed E-state index contributed by atoms with van der Waals surface area (Å²) < 4.78 is 6.17. The van der Waals surface area contributed by atoms with Crippen LogP contribution in [0.15, 0.2) is 12.3 Å². The van der Waals surface area contributed by atoms with Crippen molar-refractivity contribution in [3.05, 3.63) is 12.3 Å². The molecule has 23 heavy (non-hydrogen) atoms. The van der Waals surface area contributed by atoms with E-state index in [1.54, 1.807) is 12.3 Å². The molecule has 0 unspecified atom stereocenters. The van der Waals surface area contributed by atoms with Crippen LogP contribution < -0.4 is 15.5 Å². The van der Waals surface area contributed by atoms with Crippen LogP contribution in [0.5, 0.6) is 0 Å². The minimum Gasteiger partial charge on any atom is -0.360 e. The summed E-state index contributed by atoms with van der Waals surface area (Å²) in [5, 5.41) is 15.2. The second-order valence-corrected chi connectivity index (χ2v) is 5.90. The van der Waals surface area contributed by atoms with Crippen LogP contribution in [0.4, 0.5) is 15.7 Å². The summed E-state index contributed by atoms with van der Waals surface area (Å²) in [5.74, 6) is 0.488. The number of nitrogens with one attached hydrogen (secondary N) is 2. The summed E-state index contributed by atoms with van der Waals surface area (Å²) in [5.41, 5.74) is 0.770. The molecule has 0 bridgehead atoms. The Bertz CT molecular complexity index is 755. The van der Waals surface area contributed by atoms with Crippen LogP contribution >= 0.6 is 11.3 Å². The number of nitrogens with zero attached hydrogens (tertiary/aromatic N) is 4. The fourth-order valence-electron chi connectivity index (χ4n) is 2.28. The summed E-state index contributed by atoms with van der Waals surface area (Å²) >= 11 is 1.45. The number of aromatic nitrogens is 2. The number of carbonyl (C=O) groups excluding carboxylic acids is 1. The number of urea groups is 1. The summed E-state index contributed by atoms with van der Waals surface area (Å²) in [7, 11) is 0. The summed E-state index contributed by atoms with van der Waals surface area (Å²) in [4.78, 5) is 22.5. The van der Waals surface area contributed by atoms with Crippen molar-refractivity contribution in [1.82, 2.24) is 15.3 Å². The highest BCUT2D eigenvalue weighted by atomic mass is 32.1. The molecule has 0 aliphatic carbocycles. The molecule has 2 aromatic rings. The van der Waals surface area contributed by atoms with Gasteiger partial charge < -0.3 is 15.0 Å². The maximum atomic E-state index is 11.7. The number of anilines is 2. The van der Waals surface area contributed by atoms with Gasteiger partial charge in [0.15, 0.2) is 17.1 Å². The Morgan fingerprint density at radius 2 is 2.52 bits per heavy atom. The number of thiazole rings is 1. The summed E-state index contributed by atoms with van der Waals surface area (Å²) in [6.07, 6.45) is 1.17. The van der Waals surface area contributed by atoms with Crippen LogP contribution in [0.3, 0.4) is 0 Å². The highest BCUT2D eigenvalue weighted by Gasteiger charge is 2.23. The third kappa shape index (κ3) is 3.33. The van der Waals surface area contributed by atoms with Crippen molar-refractivity contribution < 1.29 is 9.53 Å². The fraction of sp³-hybridized carbons (Fsp3) is 0.429. The Morgan fingerprint density at radius 3 is 3.30 bits per heavy atom. The number of fused-ring (bicyclic) bond motifs is 1. The van der Waals surface area contributed by atoms with Gasteiger partial charge in [-0.1, -0.05) is 11.3 Å². The second kappa shape index (κ2) is 6.76. The van der Waals surface area contributed by atoms with Crippen molar-refractivity contribution in [1.29, 1.82) is 5.26 Å². The highest BCUT2D eigenvalue weighted by molar-refractivity contribution is 7.22. The minimum absolute atomic E-state index is 0.293. The molecule has 2 amide bonds. The maximum Gasteiger partial charge on any atom is 0.320 e. The van der Waals surface area contributed by atoms with Crippen LogP contribution in [-0.2, 0) is 4.74 Å². The molecule has 0 saturated carbocycles. The molecule has 0 radical (unpaired) electrons. The molecule has 1 atom stereocenters. The Kier molecular flexibility index (Phi) is 4.55. The van der Waals surface area contributed by atoms with Crippen molar-refractivity contribution in [2.24, 2.45) is 0 Å². The van der Waals surface area contributed by atoms with Crippen LogP contribution in [0.1, 0.15) is 6.92 Å². The Labute approximate surface area is 137 Å². The molecule has 120 valence electrons. The Hall–Kier alpha value is -2.44. The summed E-state index contributed by atoms with van der Waals surface area (Å²) in [6, 6.07) is 3.64. The molecule has 2 N–H and O–H groups in total. The zero-order valence-electron chi connectivity index (χ0n) is 12.6. The van der Waals surface area contributed by atoms with Gasteiger partial charge in [0.2, 0.25) is 0 Å². The first-order valence-corrected chi connectivity index (χ1v) is 8.09. The smallest absolute Gasteiger partial charge is 0.320 e. The number of hydrogen-bond acceptors (Lipinski definition) is 7. The number of amides is 2. The van der Waals surface area contributed by atoms with E-state index in [0.717, 1.165) is 15.3 Å². The third-order valence-electron chi connectivity index (χ3n) is 3.34. The van der Waals surface area contributed by atoms with Gasteiger partial charge in [-0.2, -0.15) is 5.26 Å². The van der Waals surface area contributed by atoms with Crippen molar-refractivity contribution >= 4 is 38.5 Å². The number of carbonyl (C=O) groups is 1. The molecular weight excluding hydrogens is 316 g/mol. The highest BCUT2D eigenvalue weighted by Crippen LogP contribution is 2.33. The number of hydrogen-bond donors (Lipinski definition) is 2. The topological polar surface area (TPSA) is 103 Å². The van der Waals surface area contributed by atoms with Crippen molar-refractivity contribution in [3.8, 4) is 6.07 Å². The monoisotopic (exact) mass is 332 g/mol. The second-order valence-electron chi connectivity index (χ2n) is 4.92. The molecule has 0 aromatic carbocycles. The number of pyridine rings is 1. The quantitative estimate of drug-likeness (QED) is 0.884. The van der Waals surface area contributed by atoms with E-state index in [2.05, 4.69) is 26.7 Å². The SMILES string of the molecule is CCNC(=O)Nc1nccc2nc(N3CCO[C@H](C#N)C3)sc12. The standard InChI is InChI=1S/C14H16N6O2S/c1-2-16-13(21)19-12-11-10(3-4-17-12)18-14(23-11)20-5-6-22-9(7-15)8-20/h3-4,9H,2,5-6,8H2,1H3,(H2,16,17,19,21)/t9-/m1/s1. The van der Waals surface area contributed by atoms with E-state index in [-0.39, 0.29) is 6.03 Å². The average molecular weight is 332 g/mol. The van der Waals surface area contributed by atoms with Crippen LogP contribution in [0.2, 0.25) is 0 Å². The van der Waals surface area contributed by atoms with Gasteiger partial charge in [-0.25, -0.2) is 14.8 Å². The van der Waals surface area contributed by atoms with Crippen LogP contribution in [-0.4, -0.2) is 48.3 Å². The number of nitriles is 1. The number of ether oxygens (including phenoxy) is 1. The summed E-state index contributed by atoms with van der Waals surface area (Å²) in [6.45, 7) is 4.06. The van der Waals surface area contributed by atoms with E-state index in [0.29, 0.717) is 32.1 Å². The molecule has 1 aliphatic heterocycles. The van der Waals surface area contributed by atoms with E-state index in [1.165, 1.54) is 11.3 Å². The molecular formula is C14H16N6O2S. The van der Waals surface area contributed by atoms with Crippen molar-refractivity contribution in [3.63, 3.8) is 0 Å². The van der Waals surface area contributed by atoms with E-state index in [1.807, 2.05) is 11.8 Å². The lowest BCUT2D eigenvalue weighted by Gasteiger charge is -2.29. The van der Waals surface area contributed by atoms with Crippen molar-refractivity contribution in [2.45, 2.75) is 13.0 Å².